The van der Waals surface area contributed by atoms with Gasteiger partial charge in [0.1, 0.15) is 17.0 Å². The topological polar surface area (TPSA) is 57.5 Å². The molecule has 8 heteroatoms. The molecule has 2 aromatic carbocycles. The summed E-state index contributed by atoms with van der Waals surface area (Å²) in [6.45, 7) is 13.9. The van der Waals surface area contributed by atoms with E-state index in [1.54, 1.807) is 0 Å². The molecule has 0 aliphatic carbocycles. The molecule has 0 unspecified atom stereocenters. The third kappa shape index (κ3) is 8.20. The molecule has 3 aromatic rings. The van der Waals surface area contributed by atoms with Gasteiger partial charge >= 0.3 is 0 Å². The number of piperidine rings is 2. The average molecular weight is 616 g/mol. The van der Waals surface area contributed by atoms with Crippen LogP contribution in [0.15, 0.2) is 46.9 Å². The molecule has 4 fully saturated rings. The average Bonchev–Trinajstić information content (AvgIpc) is 3.89. The van der Waals surface area contributed by atoms with Gasteiger partial charge in [0.25, 0.3) is 0 Å². The first-order valence-electron chi connectivity index (χ1n) is 18.0. The van der Waals surface area contributed by atoms with Crippen LogP contribution in [0.1, 0.15) is 64.2 Å². The van der Waals surface area contributed by atoms with Crippen LogP contribution in [0.3, 0.4) is 0 Å². The smallest absolute Gasteiger partial charge is 0.227 e. The van der Waals surface area contributed by atoms with Crippen molar-refractivity contribution in [3.63, 3.8) is 0 Å². The maximum Gasteiger partial charge on any atom is 0.227 e. The molecule has 0 radical (unpaired) electrons. The Balaban J connectivity index is 0.805. The molecule has 45 heavy (non-hydrogen) atoms. The summed E-state index contributed by atoms with van der Waals surface area (Å²) in [7, 11) is 0. The van der Waals surface area contributed by atoms with Crippen molar-refractivity contribution in [3.8, 4) is 23.0 Å². The lowest BCUT2D eigenvalue weighted by Crippen LogP contribution is -2.44. The van der Waals surface area contributed by atoms with Gasteiger partial charge in [-0.2, -0.15) is 0 Å². The van der Waals surface area contributed by atoms with Crippen molar-refractivity contribution >= 4 is 11.1 Å². The van der Waals surface area contributed by atoms with E-state index in [9.17, 15) is 0 Å². The zero-order valence-electron chi connectivity index (χ0n) is 27.2. The number of benzene rings is 2. The van der Waals surface area contributed by atoms with E-state index in [0.717, 1.165) is 79.4 Å². The highest BCUT2D eigenvalue weighted by molar-refractivity contribution is 5.77. The Kier molecular flexibility index (Phi) is 10.5. The number of ether oxygens (including phenoxy) is 2. The van der Waals surface area contributed by atoms with Crippen LogP contribution in [0.5, 0.6) is 11.5 Å². The van der Waals surface area contributed by atoms with Crippen LogP contribution in [-0.2, 0) is 0 Å². The van der Waals surface area contributed by atoms with Crippen LogP contribution in [0, 0.1) is 0 Å². The minimum atomic E-state index is 0.628. The van der Waals surface area contributed by atoms with Crippen molar-refractivity contribution in [2.75, 3.05) is 78.7 Å². The SMILES string of the molecule is c1cc(-c2nc3ccc(OCCCN4CCC(N5CCCC5)CC4)cc3o2)ccc1OCCCN1CCC(N2CCCC2)CC1. The fourth-order valence-electron chi connectivity index (χ4n) is 8.00. The van der Waals surface area contributed by atoms with Crippen molar-refractivity contribution in [2.24, 2.45) is 0 Å². The van der Waals surface area contributed by atoms with Gasteiger partial charge in [0.05, 0.1) is 13.2 Å². The van der Waals surface area contributed by atoms with Gasteiger partial charge in [-0.3, -0.25) is 0 Å². The molecule has 0 N–H and O–H groups in total. The summed E-state index contributed by atoms with van der Waals surface area (Å²) in [4.78, 5) is 15.4. The van der Waals surface area contributed by atoms with E-state index >= 15 is 0 Å². The van der Waals surface area contributed by atoms with E-state index < -0.39 is 0 Å². The van der Waals surface area contributed by atoms with Gasteiger partial charge in [-0.05, 0) is 153 Å². The largest absolute Gasteiger partial charge is 0.494 e. The number of nitrogens with zero attached hydrogens (tertiary/aromatic N) is 5. The molecule has 0 saturated carbocycles. The second kappa shape index (κ2) is 15.3. The van der Waals surface area contributed by atoms with Crippen molar-refractivity contribution in [1.82, 2.24) is 24.6 Å². The molecular weight excluding hydrogens is 562 g/mol. The molecule has 0 amide bonds. The summed E-state index contributed by atoms with van der Waals surface area (Å²) in [5.74, 6) is 2.37. The van der Waals surface area contributed by atoms with Gasteiger partial charge in [-0.1, -0.05) is 0 Å². The lowest BCUT2D eigenvalue weighted by atomic mass is 10.0. The Morgan fingerprint density at radius 3 is 1.69 bits per heavy atom. The van der Waals surface area contributed by atoms with E-state index in [-0.39, 0.29) is 0 Å². The summed E-state index contributed by atoms with van der Waals surface area (Å²) in [6.07, 6.45) is 12.9. The monoisotopic (exact) mass is 615 g/mol. The van der Waals surface area contributed by atoms with Crippen LogP contribution in [0.2, 0.25) is 0 Å². The summed E-state index contributed by atoms with van der Waals surface area (Å²) < 4.78 is 18.3. The van der Waals surface area contributed by atoms with E-state index in [0.29, 0.717) is 5.89 Å². The first-order valence-corrected chi connectivity index (χ1v) is 18.0. The molecule has 7 rings (SSSR count). The maximum atomic E-state index is 6.14. The number of hydrogen-bond donors (Lipinski definition) is 0. The molecule has 0 spiro atoms. The van der Waals surface area contributed by atoms with Gasteiger partial charge in [0, 0.05) is 36.8 Å². The molecular formula is C37H53N5O3. The predicted octanol–water partition coefficient (Wildman–Crippen LogP) is 6.15. The molecule has 4 aliphatic heterocycles. The minimum absolute atomic E-state index is 0.628. The van der Waals surface area contributed by atoms with Gasteiger partial charge in [0.15, 0.2) is 5.58 Å². The lowest BCUT2D eigenvalue weighted by Gasteiger charge is -2.36. The predicted molar refractivity (Wildman–Crippen MR) is 180 cm³/mol. The highest BCUT2D eigenvalue weighted by atomic mass is 16.5. The van der Waals surface area contributed by atoms with Crippen LogP contribution >= 0.6 is 0 Å². The van der Waals surface area contributed by atoms with Gasteiger partial charge in [0.2, 0.25) is 5.89 Å². The van der Waals surface area contributed by atoms with E-state index in [1.165, 1.54) is 104 Å². The van der Waals surface area contributed by atoms with E-state index in [4.69, 9.17) is 18.9 Å². The molecule has 8 nitrogen and oxygen atoms in total. The second-order valence-corrected chi connectivity index (χ2v) is 13.7. The van der Waals surface area contributed by atoms with Crippen LogP contribution in [-0.4, -0.2) is 115 Å². The third-order valence-corrected chi connectivity index (χ3v) is 10.7. The Morgan fingerprint density at radius 2 is 1.13 bits per heavy atom. The number of rotatable bonds is 13. The van der Waals surface area contributed by atoms with Crippen molar-refractivity contribution in [1.29, 1.82) is 0 Å². The normalized spacial score (nSPS) is 21.7. The molecule has 244 valence electrons. The standard InChI is InChI=1S/C37H53N5O3/c1-2-20-41(19-1)31-13-23-39(24-14-31)17-5-27-43-33-9-7-30(8-10-33)37-38-35-12-11-34(29-36(35)45-37)44-28-6-18-40-25-15-32(16-26-40)42-21-3-4-22-42/h7-12,29,31-32H,1-6,13-28H2. The summed E-state index contributed by atoms with van der Waals surface area (Å²) in [5, 5.41) is 0. The summed E-state index contributed by atoms with van der Waals surface area (Å²) >= 11 is 0. The van der Waals surface area contributed by atoms with Gasteiger partial charge < -0.3 is 33.5 Å². The van der Waals surface area contributed by atoms with Crippen molar-refractivity contribution in [2.45, 2.75) is 76.3 Å². The first kappa shape index (κ1) is 31.0. The second-order valence-electron chi connectivity index (χ2n) is 13.7. The van der Waals surface area contributed by atoms with Gasteiger partial charge in [-0.15, -0.1) is 0 Å². The minimum Gasteiger partial charge on any atom is -0.494 e. The number of hydrogen-bond acceptors (Lipinski definition) is 8. The summed E-state index contributed by atoms with van der Waals surface area (Å²) in [6, 6.07) is 15.7. The fraction of sp³-hybridized carbons (Fsp3) is 0.649. The number of aromatic nitrogens is 1. The van der Waals surface area contributed by atoms with E-state index in [1.807, 2.05) is 42.5 Å². The van der Waals surface area contributed by atoms with Crippen LogP contribution in [0.4, 0.5) is 0 Å². The lowest BCUT2D eigenvalue weighted by molar-refractivity contribution is 0.122. The molecule has 0 atom stereocenters. The Labute approximate surface area is 269 Å². The number of likely N-dealkylation sites (tertiary alicyclic amines) is 4. The Morgan fingerprint density at radius 1 is 0.622 bits per heavy atom. The number of fused-ring (bicyclic) bond motifs is 1. The van der Waals surface area contributed by atoms with Crippen molar-refractivity contribution < 1.29 is 13.9 Å². The molecule has 4 saturated heterocycles. The molecule has 5 heterocycles. The highest BCUT2D eigenvalue weighted by Gasteiger charge is 2.27. The summed E-state index contributed by atoms with van der Waals surface area (Å²) in [5.41, 5.74) is 2.56. The van der Waals surface area contributed by atoms with E-state index in [2.05, 4.69) is 19.6 Å². The first-order chi connectivity index (χ1) is 22.3. The zero-order valence-corrected chi connectivity index (χ0v) is 27.2. The highest BCUT2D eigenvalue weighted by Crippen LogP contribution is 2.29. The van der Waals surface area contributed by atoms with Crippen LogP contribution < -0.4 is 9.47 Å². The fourth-order valence-corrected chi connectivity index (χ4v) is 8.00. The molecule has 4 aliphatic rings. The van der Waals surface area contributed by atoms with Crippen molar-refractivity contribution in [3.05, 3.63) is 42.5 Å². The third-order valence-electron chi connectivity index (χ3n) is 10.7. The van der Waals surface area contributed by atoms with Crippen LogP contribution in [0.25, 0.3) is 22.6 Å². The maximum absolute atomic E-state index is 6.14. The molecule has 1 aromatic heterocycles. The zero-order chi connectivity index (χ0) is 30.3. The van der Waals surface area contributed by atoms with Gasteiger partial charge in [-0.25, -0.2) is 4.98 Å². The number of oxazole rings is 1. The quantitative estimate of drug-likeness (QED) is 0.212. The molecule has 0 bridgehead atoms. The Hall–Kier alpha value is -2.65. The Bertz CT molecular complexity index is 1320.